The van der Waals surface area contributed by atoms with Crippen molar-refractivity contribution in [3.05, 3.63) is 52.0 Å². The highest BCUT2D eigenvalue weighted by atomic mass is 32.1. The lowest BCUT2D eigenvalue weighted by Crippen LogP contribution is -2.41. The lowest BCUT2D eigenvalue weighted by Gasteiger charge is -2.33. The Morgan fingerprint density at radius 3 is 2.38 bits per heavy atom. The van der Waals surface area contributed by atoms with Gasteiger partial charge in [0.2, 0.25) is 5.91 Å². The molecule has 1 aliphatic carbocycles. The quantitative estimate of drug-likeness (QED) is 0.259. The van der Waals surface area contributed by atoms with Crippen LogP contribution in [0.3, 0.4) is 0 Å². The number of benzene rings is 1. The summed E-state index contributed by atoms with van der Waals surface area (Å²) < 4.78 is 10.6. The highest BCUT2D eigenvalue weighted by Gasteiger charge is 2.32. The van der Waals surface area contributed by atoms with E-state index in [9.17, 15) is 19.2 Å². The molecule has 1 unspecified atom stereocenters. The van der Waals surface area contributed by atoms with E-state index in [-0.39, 0.29) is 41.5 Å². The van der Waals surface area contributed by atoms with Crippen molar-refractivity contribution in [3.8, 4) is 0 Å². The summed E-state index contributed by atoms with van der Waals surface area (Å²) in [6.45, 7) is 7.21. The van der Waals surface area contributed by atoms with E-state index in [2.05, 4.69) is 10.3 Å². The molecule has 0 radical (unpaired) electrons. The van der Waals surface area contributed by atoms with Crippen molar-refractivity contribution in [2.45, 2.75) is 90.8 Å². The average Bonchev–Trinajstić information content (AvgIpc) is 3.65. The van der Waals surface area contributed by atoms with E-state index in [1.165, 1.54) is 38.2 Å². The van der Waals surface area contributed by atoms with Crippen molar-refractivity contribution in [2.24, 2.45) is 17.8 Å². The maximum atomic E-state index is 13.3. The van der Waals surface area contributed by atoms with Crippen LogP contribution in [0.4, 0.5) is 0 Å². The van der Waals surface area contributed by atoms with Crippen LogP contribution < -0.4 is 5.32 Å². The molecule has 0 spiro atoms. The predicted molar refractivity (Wildman–Crippen MR) is 162 cm³/mol. The monoisotopic (exact) mass is 599 g/mol. The second-order valence-electron chi connectivity index (χ2n) is 11.7. The lowest BCUT2D eigenvalue weighted by atomic mass is 9.95. The number of amides is 2. The smallest absolute Gasteiger partial charge is 0.308 e. The second kappa shape index (κ2) is 15.8. The third-order valence-electron chi connectivity index (χ3n) is 7.82. The molecule has 2 aromatic rings. The number of carbonyl (C=O) groups is 4. The Morgan fingerprint density at radius 1 is 1.10 bits per heavy atom. The number of hydrogen-bond acceptors (Lipinski definition) is 8. The Hall–Kier alpha value is -3.27. The zero-order chi connectivity index (χ0) is 30.8. The summed E-state index contributed by atoms with van der Waals surface area (Å²) in [5.74, 6) is -0.679. The second-order valence-corrected chi connectivity index (χ2v) is 12.6. The molecule has 0 saturated heterocycles. The number of ether oxygens (including phenoxy) is 2. The topological polar surface area (TPSA) is 115 Å². The predicted octanol–water partition coefficient (Wildman–Crippen LogP) is 5.35. The van der Waals surface area contributed by atoms with E-state index in [4.69, 9.17) is 9.47 Å². The molecule has 1 fully saturated rings. The zero-order valence-electron chi connectivity index (χ0n) is 25.6. The van der Waals surface area contributed by atoms with Crippen LogP contribution in [0.25, 0.3) is 0 Å². The summed E-state index contributed by atoms with van der Waals surface area (Å²) in [4.78, 5) is 56.8. The molecule has 230 valence electrons. The largest absolute Gasteiger partial charge is 0.469 e. The first kappa shape index (κ1) is 33.2. The molecule has 3 rings (SSSR count). The van der Waals surface area contributed by atoms with Gasteiger partial charge in [0.25, 0.3) is 5.91 Å². The number of hydrogen-bond donors (Lipinski definition) is 1. The van der Waals surface area contributed by atoms with E-state index < -0.39 is 18.0 Å². The number of nitrogens with one attached hydrogen (secondary N) is 1. The van der Waals surface area contributed by atoms with Crippen LogP contribution >= 0.6 is 11.3 Å². The molecule has 1 aliphatic rings. The van der Waals surface area contributed by atoms with Crippen molar-refractivity contribution < 1.29 is 28.7 Å². The Morgan fingerprint density at radius 2 is 1.79 bits per heavy atom. The van der Waals surface area contributed by atoms with Gasteiger partial charge in [-0.15, -0.1) is 11.3 Å². The molecular weight excluding hydrogens is 554 g/mol. The Bertz CT molecular complexity index is 1200. The van der Waals surface area contributed by atoms with Crippen molar-refractivity contribution in [3.63, 3.8) is 0 Å². The summed E-state index contributed by atoms with van der Waals surface area (Å²) >= 11 is 1.25. The number of aromatic nitrogens is 1. The fourth-order valence-corrected chi connectivity index (χ4v) is 6.05. The number of esters is 2. The molecule has 42 heavy (non-hydrogen) atoms. The number of carbonyl (C=O) groups excluding carboxylic acids is 4. The Kier molecular flexibility index (Phi) is 12.5. The van der Waals surface area contributed by atoms with E-state index >= 15 is 0 Å². The van der Waals surface area contributed by atoms with Gasteiger partial charge in [0.1, 0.15) is 10.7 Å². The van der Waals surface area contributed by atoms with Gasteiger partial charge < -0.3 is 19.7 Å². The minimum absolute atomic E-state index is 0.0898. The molecular formula is C32H45N3O6S. The van der Waals surface area contributed by atoms with Crippen molar-refractivity contribution >= 4 is 35.1 Å². The van der Waals surface area contributed by atoms with Crippen molar-refractivity contribution in [1.29, 1.82) is 0 Å². The first-order valence-corrected chi connectivity index (χ1v) is 15.7. The Balaban J connectivity index is 1.74. The van der Waals surface area contributed by atoms with E-state index in [0.717, 1.165) is 12.0 Å². The van der Waals surface area contributed by atoms with Gasteiger partial charge in [-0.1, -0.05) is 63.9 Å². The standard InChI is InChI=1S/C32H45N3O6S/c1-20(2)27(35(5)29(37)15-14-23-12-13-23)18-28(41-22(4)36)31-34-26(19-42-31)30(38)33-25(16-21(3)32(39)40-6)17-24-10-8-7-9-11-24/h7-11,19-21,23,25,27-28H,12-18H2,1-6H3,(H,33,38)/t21-,25+,27?,28+/m0/s1. The maximum Gasteiger partial charge on any atom is 0.308 e. The van der Waals surface area contributed by atoms with Crippen LogP contribution in [0.15, 0.2) is 35.7 Å². The molecule has 1 aromatic carbocycles. The van der Waals surface area contributed by atoms with Crippen molar-refractivity contribution in [2.75, 3.05) is 14.2 Å². The highest BCUT2D eigenvalue weighted by molar-refractivity contribution is 7.09. The third-order valence-corrected chi connectivity index (χ3v) is 8.76. The molecule has 1 N–H and O–H groups in total. The SMILES string of the molecule is COC(=O)[C@@H](C)C[C@H](Cc1ccccc1)NC(=O)c1csc([C@@H](CC(C(C)C)N(C)C(=O)CCC2CC2)OC(C)=O)n1. The summed E-state index contributed by atoms with van der Waals surface area (Å²) in [6, 6.07) is 9.25. The van der Waals surface area contributed by atoms with Crippen LogP contribution in [0.2, 0.25) is 0 Å². The first-order valence-electron chi connectivity index (χ1n) is 14.8. The van der Waals surface area contributed by atoms with Gasteiger partial charge in [-0.25, -0.2) is 4.98 Å². The highest BCUT2D eigenvalue weighted by Crippen LogP contribution is 2.34. The summed E-state index contributed by atoms with van der Waals surface area (Å²) in [6.07, 6.45) is 4.46. The van der Waals surface area contributed by atoms with E-state index in [1.54, 1.807) is 17.2 Å². The van der Waals surface area contributed by atoms with Crippen LogP contribution in [0.5, 0.6) is 0 Å². The van der Waals surface area contributed by atoms with Crippen molar-refractivity contribution in [1.82, 2.24) is 15.2 Å². The van der Waals surface area contributed by atoms with Crippen LogP contribution in [-0.2, 0) is 30.3 Å². The molecule has 4 atom stereocenters. The fraction of sp³-hybridized carbons (Fsp3) is 0.594. The van der Waals surface area contributed by atoms with Crippen LogP contribution in [-0.4, -0.2) is 59.9 Å². The molecule has 10 heteroatoms. The molecule has 1 aromatic heterocycles. The Labute approximate surface area is 253 Å². The minimum atomic E-state index is -0.695. The van der Waals surface area contributed by atoms with Gasteiger partial charge in [0, 0.05) is 44.3 Å². The van der Waals surface area contributed by atoms with Gasteiger partial charge in [-0.2, -0.15) is 0 Å². The molecule has 2 amide bonds. The zero-order valence-corrected chi connectivity index (χ0v) is 26.4. The van der Waals surface area contributed by atoms with Gasteiger partial charge >= 0.3 is 11.9 Å². The summed E-state index contributed by atoms with van der Waals surface area (Å²) in [5.41, 5.74) is 1.25. The van der Waals surface area contributed by atoms with E-state index in [0.29, 0.717) is 36.6 Å². The number of methoxy groups -OCH3 is 1. The summed E-state index contributed by atoms with van der Waals surface area (Å²) in [7, 11) is 3.17. The van der Waals surface area contributed by atoms with Gasteiger partial charge in [-0.3, -0.25) is 19.2 Å². The minimum Gasteiger partial charge on any atom is -0.469 e. The molecule has 0 bridgehead atoms. The fourth-order valence-electron chi connectivity index (χ4n) is 5.21. The van der Waals surface area contributed by atoms with Gasteiger partial charge in [0.05, 0.1) is 13.0 Å². The van der Waals surface area contributed by atoms with E-state index in [1.807, 2.05) is 51.2 Å². The number of nitrogens with zero attached hydrogens (tertiary/aromatic N) is 2. The van der Waals surface area contributed by atoms with Gasteiger partial charge in [-0.05, 0) is 36.7 Å². The van der Waals surface area contributed by atoms with Gasteiger partial charge in [0.15, 0.2) is 6.10 Å². The lowest BCUT2D eigenvalue weighted by molar-refractivity contribution is -0.148. The molecule has 1 saturated carbocycles. The third kappa shape index (κ3) is 10.2. The number of thiazole rings is 1. The number of rotatable bonds is 16. The average molecular weight is 600 g/mol. The normalized spacial score (nSPS) is 15.8. The summed E-state index contributed by atoms with van der Waals surface area (Å²) in [5, 5.41) is 5.20. The molecule has 1 heterocycles. The van der Waals surface area contributed by atoms with Crippen LogP contribution in [0, 0.1) is 17.8 Å². The first-order chi connectivity index (χ1) is 20.0. The molecule has 9 nitrogen and oxygen atoms in total. The maximum absolute atomic E-state index is 13.3. The molecule has 0 aliphatic heterocycles. The van der Waals surface area contributed by atoms with Crippen LogP contribution in [0.1, 0.15) is 93.4 Å².